The molecule has 0 aliphatic carbocycles. The first-order valence-electron chi connectivity index (χ1n) is 8.00. The van der Waals surface area contributed by atoms with Crippen molar-refractivity contribution in [1.82, 2.24) is 5.32 Å². The number of furan rings is 1. The number of carbonyl (C=O) groups excluding carboxylic acids is 2. The first-order valence-corrected chi connectivity index (χ1v) is 8.79. The molecule has 0 atom stereocenters. The Hall–Kier alpha value is -2.28. The molecule has 1 heterocycles. The summed E-state index contributed by atoms with van der Waals surface area (Å²) in [5.74, 6) is -0.966. The molecule has 0 fully saturated rings. The summed E-state index contributed by atoms with van der Waals surface area (Å²) in [4.78, 5) is 25.6. The lowest BCUT2D eigenvalue weighted by Gasteiger charge is -2.23. The van der Waals surface area contributed by atoms with Crippen molar-refractivity contribution in [3.63, 3.8) is 0 Å². The predicted octanol–water partition coefficient (Wildman–Crippen LogP) is 3.15. The van der Waals surface area contributed by atoms with Crippen LogP contribution in [0.4, 0.5) is 5.69 Å². The maximum absolute atomic E-state index is 11.8. The van der Waals surface area contributed by atoms with Gasteiger partial charge in [-0.05, 0) is 59.6 Å². The number of nitrogens with zero attached hydrogens (tertiary/aromatic N) is 1. The van der Waals surface area contributed by atoms with E-state index < -0.39 is 5.97 Å². The molecule has 2 aromatic rings. The van der Waals surface area contributed by atoms with E-state index in [1.165, 1.54) is 11.6 Å². The fraction of sp³-hybridized carbons (Fsp3) is 0.333. The van der Waals surface area contributed by atoms with Crippen LogP contribution in [0.3, 0.4) is 0 Å². The number of likely N-dealkylation sites (N-methyl/N-ethyl adjacent to an activating group) is 1. The average molecular weight is 409 g/mol. The highest BCUT2D eigenvalue weighted by molar-refractivity contribution is 9.10. The van der Waals surface area contributed by atoms with Gasteiger partial charge in [0, 0.05) is 25.3 Å². The van der Waals surface area contributed by atoms with E-state index in [4.69, 9.17) is 9.15 Å². The molecule has 0 spiro atoms. The highest BCUT2D eigenvalue weighted by atomic mass is 79.9. The summed E-state index contributed by atoms with van der Waals surface area (Å²) in [6, 6.07) is 11.3. The number of benzene rings is 1. The minimum atomic E-state index is -0.671. The Morgan fingerprint density at radius 3 is 2.72 bits per heavy atom. The first kappa shape index (κ1) is 19.1. The molecular weight excluding hydrogens is 388 g/mol. The zero-order valence-electron chi connectivity index (χ0n) is 14.3. The third kappa shape index (κ3) is 5.94. The number of aryl methyl sites for hydroxylation is 1. The molecule has 0 unspecified atom stereocenters. The van der Waals surface area contributed by atoms with E-state index in [0.717, 1.165) is 12.2 Å². The summed E-state index contributed by atoms with van der Waals surface area (Å²) in [6.07, 6.45) is 0. The molecule has 6 nitrogen and oxygen atoms in total. The van der Waals surface area contributed by atoms with E-state index >= 15 is 0 Å². The van der Waals surface area contributed by atoms with Crippen LogP contribution >= 0.6 is 15.9 Å². The van der Waals surface area contributed by atoms with Crippen molar-refractivity contribution in [2.75, 3.05) is 31.1 Å². The number of carbonyl (C=O) groups is 2. The summed E-state index contributed by atoms with van der Waals surface area (Å²) in [5, 5.41) is 2.75. The lowest BCUT2D eigenvalue weighted by atomic mass is 10.2. The first-order chi connectivity index (χ1) is 12.0. The molecule has 0 saturated carbocycles. The fourth-order valence-electron chi connectivity index (χ4n) is 2.30. The molecule has 7 heteroatoms. The number of hydrogen-bond donors (Lipinski definition) is 1. The smallest absolute Gasteiger partial charge is 0.374 e. The Morgan fingerprint density at radius 1 is 1.28 bits per heavy atom. The van der Waals surface area contributed by atoms with E-state index in [2.05, 4.69) is 39.1 Å². The SMILES string of the molecule is CCN(CCNC(=O)COC(=O)c1ccc(Br)o1)c1cccc(C)c1. The highest BCUT2D eigenvalue weighted by Crippen LogP contribution is 2.15. The average Bonchev–Trinajstić information content (AvgIpc) is 3.03. The summed E-state index contributed by atoms with van der Waals surface area (Å²) >= 11 is 3.10. The zero-order chi connectivity index (χ0) is 18.2. The molecule has 0 aliphatic heterocycles. The number of esters is 1. The number of ether oxygens (including phenoxy) is 1. The monoisotopic (exact) mass is 408 g/mol. The Morgan fingerprint density at radius 2 is 2.08 bits per heavy atom. The molecule has 0 bridgehead atoms. The van der Waals surface area contributed by atoms with Crippen molar-refractivity contribution in [1.29, 1.82) is 0 Å². The molecule has 2 rings (SSSR count). The summed E-state index contributed by atoms with van der Waals surface area (Å²) < 4.78 is 10.4. The van der Waals surface area contributed by atoms with Gasteiger partial charge in [-0.1, -0.05) is 12.1 Å². The van der Waals surface area contributed by atoms with Gasteiger partial charge in [-0.25, -0.2) is 4.79 Å². The second-order valence-corrected chi connectivity index (χ2v) is 6.23. The Bertz CT molecular complexity index is 729. The normalized spacial score (nSPS) is 10.4. The molecule has 1 aromatic heterocycles. The second-order valence-electron chi connectivity index (χ2n) is 5.45. The van der Waals surface area contributed by atoms with Crippen molar-refractivity contribution >= 4 is 33.5 Å². The molecule has 0 radical (unpaired) electrons. The van der Waals surface area contributed by atoms with Gasteiger partial charge in [-0.3, -0.25) is 4.79 Å². The van der Waals surface area contributed by atoms with Gasteiger partial charge in [0.15, 0.2) is 11.3 Å². The summed E-state index contributed by atoms with van der Waals surface area (Å²) in [5.41, 5.74) is 2.31. The predicted molar refractivity (Wildman–Crippen MR) is 98.8 cm³/mol. The van der Waals surface area contributed by atoms with Gasteiger partial charge in [0.1, 0.15) is 0 Å². The van der Waals surface area contributed by atoms with E-state index in [9.17, 15) is 9.59 Å². The number of anilines is 1. The number of nitrogens with one attached hydrogen (secondary N) is 1. The molecule has 0 aliphatic rings. The van der Waals surface area contributed by atoms with Crippen LogP contribution in [0.2, 0.25) is 0 Å². The van der Waals surface area contributed by atoms with Crippen LogP contribution in [-0.2, 0) is 9.53 Å². The van der Waals surface area contributed by atoms with Gasteiger partial charge in [-0.2, -0.15) is 0 Å². The van der Waals surface area contributed by atoms with Crippen LogP contribution in [0.1, 0.15) is 23.0 Å². The third-order valence-electron chi connectivity index (χ3n) is 3.56. The van der Waals surface area contributed by atoms with Crippen LogP contribution in [-0.4, -0.2) is 38.1 Å². The van der Waals surface area contributed by atoms with Crippen LogP contribution in [0.25, 0.3) is 0 Å². The van der Waals surface area contributed by atoms with Crippen molar-refractivity contribution in [3.8, 4) is 0 Å². The maximum Gasteiger partial charge on any atom is 0.374 e. The summed E-state index contributed by atoms with van der Waals surface area (Å²) in [6.45, 7) is 5.74. The standard InChI is InChI=1S/C18H21BrN2O4/c1-3-21(14-6-4-5-13(2)11-14)10-9-20-17(22)12-24-18(23)15-7-8-16(19)25-15/h4-8,11H,3,9-10,12H2,1-2H3,(H,20,22). The Balaban J connectivity index is 1.73. The second kappa shape index (κ2) is 9.27. The minimum Gasteiger partial charge on any atom is -0.450 e. The van der Waals surface area contributed by atoms with E-state index in [-0.39, 0.29) is 18.3 Å². The van der Waals surface area contributed by atoms with Gasteiger partial charge in [0.25, 0.3) is 5.91 Å². The van der Waals surface area contributed by atoms with E-state index in [1.54, 1.807) is 6.07 Å². The highest BCUT2D eigenvalue weighted by Gasteiger charge is 2.14. The van der Waals surface area contributed by atoms with Crippen LogP contribution in [0.5, 0.6) is 0 Å². The quantitative estimate of drug-likeness (QED) is 0.679. The van der Waals surface area contributed by atoms with Crippen molar-refractivity contribution in [2.45, 2.75) is 13.8 Å². The molecule has 1 amide bonds. The maximum atomic E-state index is 11.8. The van der Waals surface area contributed by atoms with Crippen LogP contribution in [0, 0.1) is 6.92 Å². The van der Waals surface area contributed by atoms with Crippen LogP contribution < -0.4 is 10.2 Å². The number of halogens is 1. The van der Waals surface area contributed by atoms with Gasteiger partial charge in [0.05, 0.1) is 0 Å². The molecule has 1 N–H and O–H groups in total. The van der Waals surface area contributed by atoms with E-state index in [1.807, 2.05) is 25.1 Å². The van der Waals surface area contributed by atoms with Crippen molar-refractivity contribution in [2.24, 2.45) is 0 Å². The van der Waals surface area contributed by atoms with Gasteiger partial charge < -0.3 is 19.4 Å². The number of rotatable bonds is 8. The van der Waals surface area contributed by atoms with Crippen molar-refractivity contribution in [3.05, 3.63) is 52.4 Å². The largest absolute Gasteiger partial charge is 0.450 e. The van der Waals surface area contributed by atoms with Crippen LogP contribution in [0.15, 0.2) is 45.5 Å². The minimum absolute atomic E-state index is 0.0521. The topological polar surface area (TPSA) is 71.8 Å². The molecular formula is C18H21BrN2O4. The lowest BCUT2D eigenvalue weighted by molar-refractivity contribution is -0.124. The summed E-state index contributed by atoms with van der Waals surface area (Å²) in [7, 11) is 0. The fourth-order valence-corrected chi connectivity index (χ4v) is 2.61. The number of amides is 1. The lowest BCUT2D eigenvalue weighted by Crippen LogP contribution is -2.36. The zero-order valence-corrected chi connectivity index (χ0v) is 15.8. The molecule has 1 aromatic carbocycles. The molecule has 0 saturated heterocycles. The molecule has 134 valence electrons. The van der Waals surface area contributed by atoms with Crippen molar-refractivity contribution < 1.29 is 18.7 Å². The Labute approximate surface area is 155 Å². The third-order valence-corrected chi connectivity index (χ3v) is 3.99. The van der Waals surface area contributed by atoms with Gasteiger partial charge in [0.2, 0.25) is 5.76 Å². The van der Waals surface area contributed by atoms with E-state index in [0.29, 0.717) is 17.8 Å². The Kier molecular flexibility index (Phi) is 7.06. The van der Waals surface area contributed by atoms with Gasteiger partial charge in [-0.15, -0.1) is 0 Å². The molecule has 25 heavy (non-hydrogen) atoms. The van der Waals surface area contributed by atoms with Gasteiger partial charge >= 0.3 is 5.97 Å². The number of hydrogen-bond acceptors (Lipinski definition) is 5.